The van der Waals surface area contributed by atoms with Crippen LogP contribution in [0, 0.1) is 0 Å². The fraction of sp³-hybridized carbons (Fsp3) is 0.353. The van der Waals surface area contributed by atoms with Crippen LogP contribution in [0.2, 0.25) is 0 Å². The molecule has 0 saturated carbocycles. The van der Waals surface area contributed by atoms with Crippen molar-refractivity contribution in [3.63, 3.8) is 0 Å². The van der Waals surface area contributed by atoms with Gasteiger partial charge in [-0.1, -0.05) is 12.1 Å². The lowest BCUT2D eigenvalue weighted by Crippen LogP contribution is -2.40. The van der Waals surface area contributed by atoms with Crippen LogP contribution in [0.5, 0.6) is 11.5 Å². The number of aromatic nitrogens is 1. The van der Waals surface area contributed by atoms with Crippen molar-refractivity contribution in [1.82, 2.24) is 9.88 Å². The molecule has 23 heavy (non-hydrogen) atoms. The number of nitrogens with zero attached hydrogens (tertiary/aromatic N) is 1. The van der Waals surface area contributed by atoms with E-state index in [0.29, 0.717) is 43.5 Å². The van der Waals surface area contributed by atoms with Crippen molar-refractivity contribution < 1.29 is 19.0 Å². The van der Waals surface area contributed by atoms with Crippen LogP contribution < -0.4 is 9.47 Å². The molecule has 0 spiro atoms. The monoisotopic (exact) mass is 316 g/mol. The minimum Gasteiger partial charge on any atom is -0.493 e. The fourth-order valence-electron chi connectivity index (χ4n) is 2.72. The van der Waals surface area contributed by atoms with Gasteiger partial charge >= 0.3 is 0 Å². The summed E-state index contributed by atoms with van der Waals surface area (Å²) in [5.74, 6) is 1.30. The quantitative estimate of drug-likeness (QED) is 0.939. The first kappa shape index (κ1) is 15.4. The van der Waals surface area contributed by atoms with Gasteiger partial charge in [0.15, 0.2) is 11.5 Å². The summed E-state index contributed by atoms with van der Waals surface area (Å²) < 4.78 is 16.1. The number of ether oxygens (including phenoxy) is 3. The minimum absolute atomic E-state index is 0.0126. The highest BCUT2D eigenvalue weighted by Crippen LogP contribution is 2.38. The topological polar surface area (TPSA) is 63.8 Å². The zero-order valence-corrected chi connectivity index (χ0v) is 13.3. The SMILES string of the molecule is COc1cccc(-c2c[nH]c(C(=O)N3CCOCC3)c2)c1OC. The molecule has 122 valence electrons. The molecule has 1 aliphatic rings. The molecule has 3 rings (SSSR count). The summed E-state index contributed by atoms with van der Waals surface area (Å²) in [6.07, 6.45) is 1.81. The zero-order chi connectivity index (χ0) is 16.2. The molecule has 0 unspecified atom stereocenters. The smallest absolute Gasteiger partial charge is 0.270 e. The number of carbonyl (C=O) groups excluding carboxylic acids is 1. The number of rotatable bonds is 4. The predicted octanol–water partition coefficient (Wildman–Crippen LogP) is 2.17. The molecule has 1 aromatic heterocycles. The maximum absolute atomic E-state index is 12.5. The number of morpholine rings is 1. The third kappa shape index (κ3) is 3.03. The molecule has 1 aromatic carbocycles. The van der Waals surface area contributed by atoms with E-state index in [2.05, 4.69) is 4.98 Å². The van der Waals surface area contributed by atoms with Gasteiger partial charge in [0.25, 0.3) is 5.91 Å². The number of carbonyl (C=O) groups is 1. The molecule has 1 saturated heterocycles. The molecular weight excluding hydrogens is 296 g/mol. The van der Waals surface area contributed by atoms with Crippen LogP contribution in [-0.4, -0.2) is 56.3 Å². The summed E-state index contributed by atoms with van der Waals surface area (Å²) >= 11 is 0. The molecule has 6 heteroatoms. The van der Waals surface area contributed by atoms with E-state index < -0.39 is 0 Å². The average molecular weight is 316 g/mol. The Kier molecular flexibility index (Phi) is 4.52. The number of hydrogen-bond donors (Lipinski definition) is 1. The molecule has 1 aliphatic heterocycles. The lowest BCUT2D eigenvalue weighted by molar-refractivity contribution is 0.0299. The summed E-state index contributed by atoms with van der Waals surface area (Å²) in [6.45, 7) is 2.41. The Morgan fingerprint density at radius 2 is 2.00 bits per heavy atom. The second-order valence-electron chi connectivity index (χ2n) is 5.25. The van der Waals surface area contributed by atoms with Crippen molar-refractivity contribution in [3.05, 3.63) is 36.2 Å². The number of benzene rings is 1. The predicted molar refractivity (Wildman–Crippen MR) is 86.1 cm³/mol. The van der Waals surface area contributed by atoms with Gasteiger partial charge in [-0.15, -0.1) is 0 Å². The molecule has 0 bridgehead atoms. The van der Waals surface area contributed by atoms with Gasteiger partial charge in [-0.2, -0.15) is 0 Å². The van der Waals surface area contributed by atoms with Gasteiger partial charge in [-0.05, 0) is 12.1 Å². The molecule has 1 amide bonds. The Morgan fingerprint density at radius 1 is 1.22 bits per heavy atom. The Hall–Kier alpha value is -2.47. The van der Waals surface area contributed by atoms with Crippen LogP contribution in [0.3, 0.4) is 0 Å². The molecule has 2 aromatic rings. The Labute approximate surface area is 135 Å². The number of methoxy groups -OCH3 is 2. The van der Waals surface area contributed by atoms with E-state index in [0.717, 1.165) is 11.1 Å². The largest absolute Gasteiger partial charge is 0.493 e. The third-order valence-corrected chi connectivity index (χ3v) is 3.93. The highest BCUT2D eigenvalue weighted by atomic mass is 16.5. The Morgan fingerprint density at radius 3 is 2.70 bits per heavy atom. The van der Waals surface area contributed by atoms with E-state index in [4.69, 9.17) is 14.2 Å². The maximum Gasteiger partial charge on any atom is 0.270 e. The van der Waals surface area contributed by atoms with Crippen LogP contribution in [-0.2, 0) is 4.74 Å². The first-order valence-corrected chi connectivity index (χ1v) is 7.51. The summed E-state index contributed by atoms with van der Waals surface area (Å²) in [4.78, 5) is 17.4. The highest BCUT2D eigenvalue weighted by molar-refractivity contribution is 5.94. The first-order chi connectivity index (χ1) is 11.2. The van der Waals surface area contributed by atoms with Gasteiger partial charge in [0.1, 0.15) is 5.69 Å². The molecule has 1 N–H and O–H groups in total. The number of para-hydroxylation sites is 1. The molecular formula is C17H20N2O4. The van der Waals surface area contributed by atoms with Crippen molar-refractivity contribution in [3.8, 4) is 22.6 Å². The standard InChI is InChI=1S/C17H20N2O4/c1-21-15-5-3-4-13(16(15)22-2)12-10-14(18-11-12)17(20)19-6-8-23-9-7-19/h3-5,10-11,18H,6-9H2,1-2H3. The lowest BCUT2D eigenvalue weighted by Gasteiger charge is -2.26. The maximum atomic E-state index is 12.5. The van der Waals surface area contributed by atoms with Gasteiger partial charge in [0.2, 0.25) is 0 Å². The highest BCUT2D eigenvalue weighted by Gasteiger charge is 2.21. The van der Waals surface area contributed by atoms with Crippen LogP contribution in [0.1, 0.15) is 10.5 Å². The number of aromatic amines is 1. The molecule has 2 heterocycles. The Bertz CT molecular complexity index is 690. The first-order valence-electron chi connectivity index (χ1n) is 7.51. The van der Waals surface area contributed by atoms with Gasteiger partial charge in [-0.3, -0.25) is 4.79 Å². The number of hydrogen-bond acceptors (Lipinski definition) is 4. The molecule has 0 aliphatic carbocycles. The van der Waals surface area contributed by atoms with Crippen LogP contribution in [0.4, 0.5) is 0 Å². The number of H-pyrrole nitrogens is 1. The van der Waals surface area contributed by atoms with E-state index in [9.17, 15) is 4.79 Å². The second kappa shape index (κ2) is 6.75. The van der Waals surface area contributed by atoms with Gasteiger partial charge in [-0.25, -0.2) is 0 Å². The lowest BCUT2D eigenvalue weighted by atomic mass is 10.1. The second-order valence-corrected chi connectivity index (χ2v) is 5.25. The van der Waals surface area contributed by atoms with Crippen LogP contribution >= 0.6 is 0 Å². The summed E-state index contributed by atoms with van der Waals surface area (Å²) in [6, 6.07) is 7.52. The Balaban J connectivity index is 1.88. The summed E-state index contributed by atoms with van der Waals surface area (Å²) in [5, 5.41) is 0. The molecule has 6 nitrogen and oxygen atoms in total. The normalized spacial score (nSPS) is 14.6. The number of nitrogens with one attached hydrogen (secondary N) is 1. The van der Waals surface area contributed by atoms with E-state index in [1.165, 1.54) is 0 Å². The summed E-state index contributed by atoms with van der Waals surface area (Å²) in [7, 11) is 3.21. The molecule has 0 radical (unpaired) electrons. The summed E-state index contributed by atoms with van der Waals surface area (Å²) in [5.41, 5.74) is 2.33. The van der Waals surface area contributed by atoms with Crippen molar-refractivity contribution in [2.75, 3.05) is 40.5 Å². The minimum atomic E-state index is -0.0126. The third-order valence-electron chi connectivity index (χ3n) is 3.93. The van der Waals surface area contributed by atoms with Crippen LogP contribution in [0.15, 0.2) is 30.5 Å². The van der Waals surface area contributed by atoms with Gasteiger partial charge in [0.05, 0.1) is 27.4 Å². The van der Waals surface area contributed by atoms with Crippen molar-refractivity contribution in [2.24, 2.45) is 0 Å². The van der Waals surface area contributed by atoms with E-state index in [1.54, 1.807) is 19.1 Å². The number of amides is 1. The van der Waals surface area contributed by atoms with Gasteiger partial charge < -0.3 is 24.1 Å². The van der Waals surface area contributed by atoms with Crippen molar-refractivity contribution >= 4 is 5.91 Å². The van der Waals surface area contributed by atoms with Crippen molar-refractivity contribution in [1.29, 1.82) is 0 Å². The molecule has 1 fully saturated rings. The van der Waals surface area contributed by atoms with E-state index in [-0.39, 0.29) is 5.91 Å². The average Bonchev–Trinajstić information content (AvgIpc) is 3.10. The van der Waals surface area contributed by atoms with E-state index >= 15 is 0 Å². The zero-order valence-electron chi connectivity index (χ0n) is 13.3. The van der Waals surface area contributed by atoms with Crippen LogP contribution in [0.25, 0.3) is 11.1 Å². The molecule has 0 atom stereocenters. The van der Waals surface area contributed by atoms with Crippen molar-refractivity contribution in [2.45, 2.75) is 0 Å². The van der Waals surface area contributed by atoms with E-state index in [1.807, 2.05) is 30.5 Å². The fourth-order valence-corrected chi connectivity index (χ4v) is 2.72. The van der Waals surface area contributed by atoms with Gasteiger partial charge in [0, 0.05) is 30.4 Å².